The molecular weight excluding hydrogens is 244 g/mol. The van der Waals surface area contributed by atoms with Gasteiger partial charge in [-0.05, 0) is 29.9 Å². The fourth-order valence-electron chi connectivity index (χ4n) is 2.07. The fourth-order valence-corrected chi connectivity index (χ4v) is 2.78. The Labute approximate surface area is 112 Å². The molecule has 1 N–H and O–H groups in total. The minimum absolute atomic E-state index is 0.322. The SMILES string of the molecule is COCC(O)(CCc1cccs1)c1ccccc1. The van der Waals surface area contributed by atoms with Crippen LogP contribution in [0.5, 0.6) is 0 Å². The molecule has 2 rings (SSSR count). The molecule has 0 amide bonds. The van der Waals surface area contributed by atoms with Gasteiger partial charge in [0.1, 0.15) is 5.60 Å². The summed E-state index contributed by atoms with van der Waals surface area (Å²) in [5.74, 6) is 0. The number of hydrogen-bond acceptors (Lipinski definition) is 3. The standard InChI is InChI=1S/C15H18O2S/c1-17-12-15(16,13-6-3-2-4-7-13)10-9-14-8-5-11-18-14/h2-8,11,16H,9-10,12H2,1H3. The van der Waals surface area contributed by atoms with Crippen LogP contribution < -0.4 is 0 Å². The summed E-state index contributed by atoms with van der Waals surface area (Å²) in [6.45, 7) is 0.322. The van der Waals surface area contributed by atoms with Crippen molar-refractivity contribution in [2.75, 3.05) is 13.7 Å². The van der Waals surface area contributed by atoms with E-state index in [1.165, 1.54) is 4.88 Å². The molecule has 3 heteroatoms. The minimum atomic E-state index is -0.903. The van der Waals surface area contributed by atoms with Gasteiger partial charge in [0.25, 0.3) is 0 Å². The van der Waals surface area contributed by atoms with Gasteiger partial charge in [-0.1, -0.05) is 36.4 Å². The number of benzene rings is 1. The van der Waals surface area contributed by atoms with Gasteiger partial charge < -0.3 is 9.84 Å². The number of thiophene rings is 1. The van der Waals surface area contributed by atoms with E-state index in [4.69, 9.17) is 4.74 Å². The third-order valence-corrected chi connectivity index (χ3v) is 4.00. The highest BCUT2D eigenvalue weighted by Crippen LogP contribution is 2.28. The van der Waals surface area contributed by atoms with Crippen LogP contribution in [0, 0.1) is 0 Å². The average molecular weight is 262 g/mol. The molecule has 1 atom stereocenters. The van der Waals surface area contributed by atoms with Crippen molar-refractivity contribution in [2.45, 2.75) is 18.4 Å². The van der Waals surface area contributed by atoms with Crippen LogP contribution in [0.3, 0.4) is 0 Å². The Morgan fingerprint density at radius 2 is 1.94 bits per heavy atom. The smallest absolute Gasteiger partial charge is 0.113 e. The van der Waals surface area contributed by atoms with Crippen molar-refractivity contribution in [3.63, 3.8) is 0 Å². The molecule has 18 heavy (non-hydrogen) atoms. The molecule has 0 aliphatic carbocycles. The summed E-state index contributed by atoms with van der Waals surface area (Å²) in [6.07, 6.45) is 1.54. The number of aliphatic hydroxyl groups is 1. The first-order chi connectivity index (χ1) is 8.74. The van der Waals surface area contributed by atoms with Crippen molar-refractivity contribution in [1.29, 1.82) is 0 Å². The Bertz CT molecular complexity index is 453. The van der Waals surface area contributed by atoms with Gasteiger partial charge in [0.05, 0.1) is 6.61 Å². The fraction of sp³-hybridized carbons (Fsp3) is 0.333. The van der Waals surface area contributed by atoms with E-state index in [0.717, 1.165) is 12.0 Å². The van der Waals surface area contributed by atoms with E-state index in [0.29, 0.717) is 13.0 Å². The van der Waals surface area contributed by atoms with Gasteiger partial charge in [0.15, 0.2) is 0 Å². The summed E-state index contributed by atoms with van der Waals surface area (Å²) >= 11 is 1.72. The van der Waals surface area contributed by atoms with Crippen LogP contribution in [-0.4, -0.2) is 18.8 Å². The molecule has 0 radical (unpaired) electrons. The first kappa shape index (κ1) is 13.3. The van der Waals surface area contributed by atoms with Crippen LogP contribution in [0.2, 0.25) is 0 Å². The molecule has 2 nitrogen and oxygen atoms in total. The first-order valence-electron chi connectivity index (χ1n) is 6.04. The van der Waals surface area contributed by atoms with Gasteiger partial charge in [-0.3, -0.25) is 0 Å². The van der Waals surface area contributed by atoms with E-state index in [9.17, 15) is 5.11 Å². The largest absolute Gasteiger partial charge is 0.383 e. The van der Waals surface area contributed by atoms with Crippen LogP contribution in [0.15, 0.2) is 47.8 Å². The lowest BCUT2D eigenvalue weighted by Gasteiger charge is -2.27. The highest BCUT2D eigenvalue weighted by molar-refractivity contribution is 7.09. The molecule has 1 unspecified atom stereocenters. The number of aryl methyl sites for hydroxylation is 1. The van der Waals surface area contributed by atoms with Crippen molar-refractivity contribution in [3.8, 4) is 0 Å². The van der Waals surface area contributed by atoms with Crippen LogP contribution >= 0.6 is 11.3 Å². The van der Waals surface area contributed by atoms with Crippen LogP contribution in [0.25, 0.3) is 0 Å². The van der Waals surface area contributed by atoms with Gasteiger partial charge in [-0.2, -0.15) is 0 Å². The van der Waals surface area contributed by atoms with Crippen molar-refractivity contribution in [2.24, 2.45) is 0 Å². The van der Waals surface area contributed by atoms with Gasteiger partial charge in [0, 0.05) is 12.0 Å². The second-order valence-corrected chi connectivity index (χ2v) is 5.44. The number of methoxy groups -OCH3 is 1. The zero-order chi connectivity index (χ0) is 12.8. The maximum atomic E-state index is 10.8. The van der Waals surface area contributed by atoms with Crippen molar-refractivity contribution in [1.82, 2.24) is 0 Å². The zero-order valence-corrected chi connectivity index (χ0v) is 11.3. The maximum absolute atomic E-state index is 10.8. The van der Waals surface area contributed by atoms with E-state index in [1.807, 2.05) is 36.4 Å². The molecule has 0 aliphatic heterocycles. The summed E-state index contributed by atoms with van der Waals surface area (Å²) in [7, 11) is 1.62. The molecule has 0 saturated carbocycles. The highest BCUT2D eigenvalue weighted by atomic mass is 32.1. The van der Waals surface area contributed by atoms with E-state index in [2.05, 4.69) is 11.4 Å². The second-order valence-electron chi connectivity index (χ2n) is 4.41. The first-order valence-corrected chi connectivity index (χ1v) is 6.92. The molecular formula is C15H18O2S. The van der Waals surface area contributed by atoms with E-state index in [-0.39, 0.29) is 0 Å². The Morgan fingerprint density at radius 3 is 2.56 bits per heavy atom. The monoisotopic (exact) mass is 262 g/mol. The molecule has 0 saturated heterocycles. The van der Waals surface area contributed by atoms with E-state index >= 15 is 0 Å². The predicted molar refractivity (Wildman–Crippen MR) is 74.9 cm³/mol. The third-order valence-electron chi connectivity index (χ3n) is 3.06. The predicted octanol–water partition coefficient (Wildman–Crippen LogP) is 3.21. The topological polar surface area (TPSA) is 29.5 Å². The summed E-state index contributed by atoms with van der Waals surface area (Å²) < 4.78 is 5.18. The second kappa shape index (κ2) is 6.14. The summed E-state index contributed by atoms with van der Waals surface area (Å²) in [5.41, 5.74) is 0.0170. The molecule has 0 aliphatic rings. The summed E-state index contributed by atoms with van der Waals surface area (Å²) in [5, 5.41) is 12.8. The maximum Gasteiger partial charge on any atom is 0.113 e. The normalized spacial score (nSPS) is 14.3. The molecule has 2 aromatic rings. The Kier molecular flexibility index (Phi) is 4.53. The Hall–Kier alpha value is -1.16. The number of ether oxygens (including phenoxy) is 1. The summed E-state index contributed by atoms with van der Waals surface area (Å²) in [6, 6.07) is 13.9. The number of rotatable bonds is 6. The lowest BCUT2D eigenvalue weighted by atomic mass is 9.89. The Balaban J connectivity index is 2.11. The molecule has 0 bridgehead atoms. The molecule has 0 fully saturated rings. The van der Waals surface area contributed by atoms with Gasteiger partial charge in [-0.15, -0.1) is 11.3 Å². The lowest BCUT2D eigenvalue weighted by molar-refractivity contribution is -0.0417. The highest BCUT2D eigenvalue weighted by Gasteiger charge is 2.28. The third kappa shape index (κ3) is 3.19. The van der Waals surface area contributed by atoms with Gasteiger partial charge >= 0.3 is 0 Å². The lowest BCUT2D eigenvalue weighted by Crippen LogP contribution is -2.31. The van der Waals surface area contributed by atoms with Crippen LogP contribution in [0.1, 0.15) is 16.9 Å². The van der Waals surface area contributed by atoms with Crippen molar-refractivity contribution in [3.05, 3.63) is 58.3 Å². The molecule has 1 heterocycles. The quantitative estimate of drug-likeness (QED) is 0.866. The van der Waals surface area contributed by atoms with E-state index in [1.54, 1.807) is 18.4 Å². The average Bonchev–Trinajstić information content (AvgIpc) is 2.91. The molecule has 96 valence electrons. The summed E-state index contributed by atoms with van der Waals surface area (Å²) in [4.78, 5) is 1.29. The van der Waals surface area contributed by atoms with Crippen molar-refractivity contribution >= 4 is 11.3 Å². The number of hydrogen-bond donors (Lipinski definition) is 1. The van der Waals surface area contributed by atoms with Gasteiger partial charge in [0.2, 0.25) is 0 Å². The van der Waals surface area contributed by atoms with Crippen molar-refractivity contribution < 1.29 is 9.84 Å². The molecule has 1 aromatic heterocycles. The van der Waals surface area contributed by atoms with Gasteiger partial charge in [-0.25, -0.2) is 0 Å². The Morgan fingerprint density at radius 1 is 1.17 bits per heavy atom. The molecule has 0 spiro atoms. The van der Waals surface area contributed by atoms with Crippen LogP contribution in [-0.2, 0) is 16.8 Å². The minimum Gasteiger partial charge on any atom is -0.383 e. The molecule has 1 aromatic carbocycles. The van der Waals surface area contributed by atoms with E-state index < -0.39 is 5.60 Å². The zero-order valence-electron chi connectivity index (χ0n) is 10.5. The van der Waals surface area contributed by atoms with Crippen LogP contribution in [0.4, 0.5) is 0 Å².